The van der Waals surface area contributed by atoms with Crippen LogP contribution in [-0.4, -0.2) is 25.5 Å². The van der Waals surface area contributed by atoms with Crippen LogP contribution in [0.25, 0.3) is 27.9 Å². The van der Waals surface area contributed by atoms with Gasteiger partial charge in [-0.25, -0.2) is 13.8 Å². The maximum Gasteiger partial charge on any atom is 0.252 e. The minimum atomic E-state index is -0.676. The summed E-state index contributed by atoms with van der Waals surface area (Å²) in [7, 11) is 0. The molecule has 0 radical (unpaired) electrons. The highest BCUT2D eigenvalue weighted by atomic mass is 35.5. The van der Waals surface area contributed by atoms with Crippen molar-refractivity contribution in [3.63, 3.8) is 0 Å². The maximum atomic E-state index is 13.9. The van der Waals surface area contributed by atoms with Gasteiger partial charge in [0.2, 0.25) is 5.95 Å². The van der Waals surface area contributed by atoms with Gasteiger partial charge in [0.1, 0.15) is 17.4 Å². The molecule has 0 saturated heterocycles. The van der Waals surface area contributed by atoms with E-state index in [0.29, 0.717) is 49.6 Å². The summed E-state index contributed by atoms with van der Waals surface area (Å²) in [5, 5.41) is 13.8. The second-order valence-corrected chi connectivity index (χ2v) is 8.01. The molecule has 6 rings (SSSR count). The summed E-state index contributed by atoms with van der Waals surface area (Å²) in [4.78, 5) is 20.5. The Kier molecular flexibility index (Phi) is 3.85. The normalized spacial score (nSPS) is 15.5. The molecule has 1 aliphatic heterocycles. The van der Waals surface area contributed by atoms with Crippen LogP contribution in [0.2, 0.25) is 5.02 Å². The van der Waals surface area contributed by atoms with Crippen molar-refractivity contribution in [2.75, 3.05) is 0 Å². The summed E-state index contributed by atoms with van der Waals surface area (Å²) < 4.78 is 29.2. The minimum Gasteiger partial charge on any atom is -0.506 e. The van der Waals surface area contributed by atoms with E-state index in [-0.39, 0.29) is 11.7 Å². The number of nitrogens with one attached hydrogen (secondary N) is 2. The number of carbonyl (C=O) groups excluding carboxylic acids is 1. The molecule has 1 atom stereocenters. The Morgan fingerprint density at radius 1 is 1.06 bits per heavy atom. The van der Waals surface area contributed by atoms with Gasteiger partial charge in [0.15, 0.2) is 0 Å². The van der Waals surface area contributed by atoms with E-state index in [1.807, 2.05) is 0 Å². The van der Waals surface area contributed by atoms with Gasteiger partial charge >= 0.3 is 0 Å². The number of hydrogen-bond acceptors (Lipinski definition) is 3. The van der Waals surface area contributed by atoms with E-state index in [1.54, 1.807) is 22.8 Å². The van der Waals surface area contributed by atoms with E-state index in [4.69, 9.17) is 11.6 Å². The van der Waals surface area contributed by atoms with Crippen LogP contribution in [0.5, 0.6) is 5.75 Å². The van der Waals surface area contributed by atoms with Crippen molar-refractivity contribution in [1.82, 2.24) is 19.9 Å². The first kappa shape index (κ1) is 18.8. The monoisotopic (exact) mass is 450 g/mol. The van der Waals surface area contributed by atoms with Crippen LogP contribution in [-0.2, 0) is 0 Å². The van der Waals surface area contributed by atoms with Gasteiger partial charge in [-0.05, 0) is 48.5 Å². The molecule has 5 aromatic rings. The smallest absolute Gasteiger partial charge is 0.252 e. The number of rotatable bonds is 2. The quantitative estimate of drug-likeness (QED) is 0.355. The first-order valence-corrected chi connectivity index (χ1v) is 10.1. The first-order valence-electron chi connectivity index (χ1n) is 9.69. The van der Waals surface area contributed by atoms with Gasteiger partial charge in [-0.3, -0.25) is 9.36 Å². The zero-order chi connectivity index (χ0) is 22.1. The second kappa shape index (κ2) is 6.54. The van der Waals surface area contributed by atoms with E-state index in [9.17, 15) is 18.7 Å². The number of amides is 1. The van der Waals surface area contributed by atoms with Crippen LogP contribution in [0.3, 0.4) is 0 Å². The molecule has 0 saturated carbocycles. The molecule has 0 spiro atoms. The third-order valence-electron chi connectivity index (χ3n) is 5.73. The number of fused-ring (bicyclic) bond motifs is 4. The molecule has 3 heterocycles. The largest absolute Gasteiger partial charge is 0.506 e. The number of nitrogens with zero attached hydrogens (tertiary/aromatic N) is 2. The number of aromatic amines is 1. The molecular weight excluding hydrogens is 438 g/mol. The predicted octanol–water partition coefficient (Wildman–Crippen LogP) is 4.98. The van der Waals surface area contributed by atoms with Crippen LogP contribution < -0.4 is 5.32 Å². The van der Waals surface area contributed by atoms with Gasteiger partial charge in [-0.1, -0.05) is 11.6 Å². The van der Waals surface area contributed by atoms with Crippen LogP contribution in [0.4, 0.5) is 8.78 Å². The molecular formula is C23H13ClF2N4O2. The average molecular weight is 451 g/mol. The van der Waals surface area contributed by atoms with Crippen LogP contribution >= 0.6 is 11.6 Å². The van der Waals surface area contributed by atoms with E-state index >= 15 is 0 Å². The highest BCUT2D eigenvalue weighted by molar-refractivity contribution is 6.31. The Balaban J connectivity index is 1.58. The number of hydrogen-bond donors (Lipinski definition) is 3. The highest BCUT2D eigenvalue weighted by Gasteiger charge is 2.34. The standard InChI is InChI=1S/C23H13ClF2N4O2/c24-15-4-1-10(25)7-13(15)20-19-12(22(32)28-20)3-5-16-21(19)29-23(27-16)30-9-18(31)14-8-11(26)2-6-17(14)30/h1-9,20,31H,(H,27,29)(H,28,32)/t20-/m1/s1. The molecule has 1 aliphatic rings. The van der Waals surface area contributed by atoms with Gasteiger partial charge in [-0.2, -0.15) is 0 Å². The molecule has 0 fully saturated rings. The van der Waals surface area contributed by atoms with Crippen molar-refractivity contribution in [3.05, 3.63) is 88.1 Å². The van der Waals surface area contributed by atoms with Crippen LogP contribution in [0.15, 0.2) is 54.7 Å². The summed E-state index contributed by atoms with van der Waals surface area (Å²) in [5.41, 5.74) is 3.12. The molecule has 0 aliphatic carbocycles. The lowest BCUT2D eigenvalue weighted by Gasteiger charge is -2.14. The highest BCUT2D eigenvalue weighted by Crippen LogP contribution is 2.39. The number of aromatic hydroxyl groups is 1. The van der Waals surface area contributed by atoms with Crippen molar-refractivity contribution in [2.45, 2.75) is 6.04 Å². The van der Waals surface area contributed by atoms with E-state index in [2.05, 4.69) is 15.3 Å². The Bertz CT molecular complexity index is 1590. The van der Waals surface area contributed by atoms with E-state index in [1.165, 1.54) is 36.5 Å². The molecule has 158 valence electrons. The fraction of sp³-hybridized carbons (Fsp3) is 0.0435. The SMILES string of the molecule is O=C1N[C@H](c2cc(F)ccc2Cl)c2c1ccc1[nH]c(-n3cc(O)c4cc(F)ccc43)nc21. The number of H-pyrrole nitrogens is 1. The summed E-state index contributed by atoms with van der Waals surface area (Å²) in [6.45, 7) is 0. The lowest BCUT2D eigenvalue weighted by molar-refractivity contribution is 0.0960. The molecule has 2 aromatic heterocycles. The summed E-state index contributed by atoms with van der Waals surface area (Å²) in [5.74, 6) is -0.965. The van der Waals surface area contributed by atoms with E-state index < -0.39 is 17.7 Å². The number of aromatic nitrogens is 3. The Morgan fingerprint density at radius 3 is 2.69 bits per heavy atom. The van der Waals surface area contributed by atoms with Crippen molar-refractivity contribution in [2.24, 2.45) is 0 Å². The fourth-order valence-electron chi connectivity index (χ4n) is 4.30. The van der Waals surface area contributed by atoms with Crippen molar-refractivity contribution >= 4 is 39.4 Å². The third-order valence-corrected chi connectivity index (χ3v) is 6.08. The van der Waals surface area contributed by atoms with Gasteiger partial charge < -0.3 is 15.4 Å². The zero-order valence-corrected chi connectivity index (χ0v) is 16.9. The molecule has 1 amide bonds. The third kappa shape index (κ3) is 2.63. The molecule has 3 aromatic carbocycles. The van der Waals surface area contributed by atoms with Crippen molar-refractivity contribution in [1.29, 1.82) is 0 Å². The molecule has 6 nitrogen and oxygen atoms in total. The molecule has 32 heavy (non-hydrogen) atoms. The lowest BCUT2D eigenvalue weighted by atomic mass is 9.97. The van der Waals surface area contributed by atoms with E-state index in [0.717, 1.165) is 0 Å². The predicted molar refractivity (Wildman–Crippen MR) is 115 cm³/mol. The molecule has 0 unspecified atom stereocenters. The Hall–Kier alpha value is -3.91. The lowest BCUT2D eigenvalue weighted by Crippen LogP contribution is -2.20. The number of benzene rings is 3. The Labute approximate surface area is 184 Å². The van der Waals surface area contributed by atoms with Gasteiger partial charge in [0, 0.05) is 27.1 Å². The average Bonchev–Trinajstić information content (AvgIpc) is 3.43. The molecule has 0 bridgehead atoms. The molecule has 9 heteroatoms. The summed E-state index contributed by atoms with van der Waals surface area (Å²) in [6, 6.07) is 10.8. The number of halogens is 3. The Morgan fingerprint density at radius 2 is 1.84 bits per heavy atom. The van der Waals surface area contributed by atoms with Gasteiger partial charge in [-0.15, -0.1) is 0 Å². The summed E-state index contributed by atoms with van der Waals surface area (Å²) in [6.07, 6.45) is 1.44. The topological polar surface area (TPSA) is 82.9 Å². The van der Waals surface area contributed by atoms with Gasteiger partial charge in [0.05, 0.1) is 28.8 Å². The maximum absolute atomic E-state index is 13.9. The fourth-order valence-corrected chi connectivity index (χ4v) is 4.52. The zero-order valence-electron chi connectivity index (χ0n) is 16.2. The van der Waals surface area contributed by atoms with Crippen molar-refractivity contribution < 1.29 is 18.7 Å². The molecule has 3 N–H and O–H groups in total. The summed E-state index contributed by atoms with van der Waals surface area (Å²) >= 11 is 6.31. The first-order chi connectivity index (χ1) is 15.4. The van der Waals surface area contributed by atoms with Gasteiger partial charge in [0.25, 0.3) is 5.91 Å². The van der Waals surface area contributed by atoms with Crippen LogP contribution in [0.1, 0.15) is 27.5 Å². The van der Waals surface area contributed by atoms with Crippen molar-refractivity contribution in [3.8, 4) is 11.7 Å². The number of carbonyl (C=O) groups is 1. The second-order valence-electron chi connectivity index (χ2n) is 7.60. The number of imidazole rings is 1. The minimum absolute atomic E-state index is 0.0913. The van der Waals surface area contributed by atoms with Crippen LogP contribution in [0, 0.1) is 11.6 Å².